The Balaban J connectivity index is 2.40. The summed E-state index contributed by atoms with van der Waals surface area (Å²) in [5, 5.41) is -2.06. The molecule has 0 atom stereocenters. The van der Waals surface area contributed by atoms with Crippen molar-refractivity contribution in [1.29, 1.82) is 0 Å². The maximum atomic E-state index is 13.0. The summed E-state index contributed by atoms with van der Waals surface area (Å²) in [5.74, 6) is -2.09. The molecule has 0 aliphatic carbocycles. The number of benzene rings is 1. The normalized spacial score (nSPS) is 12.1. The molecule has 1 rings (SSSR count). The molecule has 2 N–H and O–H groups in total. The molecular weight excluding hydrogens is 713 g/mol. The zero-order valence-electron chi connectivity index (χ0n) is 13.1. The van der Waals surface area contributed by atoms with Gasteiger partial charge in [-0.05, 0) is 92.7 Å². The van der Waals surface area contributed by atoms with Gasteiger partial charge in [0.15, 0.2) is 0 Å². The highest BCUT2D eigenvalue weighted by Crippen LogP contribution is 2.24. The molecule has 0 spiro atoms. The molecule has 0 heterocycles. The lowest BCUT2D eigenvalue weighted by Gasteiger charge is -2.11. The predicted molar refractivity (Wildman–Crippen MR) is 117 cm³/mol. The Morgan fingerprint density at radius 3 is 2.31 bits per heavy atom. The van der Waals surface area contributed by atoms with Crippen LogP contribution in [-0.2, 0) is 14.9 Å². The number of amides is 1. The van der Waals surface area contributed by atoms with Gasteiger partial charge < -0.3 is 5.32 Å². The number of hydrogen-bond acceptors (Lipinski definition) is 4. The van der Waals surface area contributed by atoms with Gasteiger partial charge in [-0.25, -0.2) is 0 Å². The molecule has 0 saturated heterocycles. The van der Waals surface area contributed by atoms with E-state index in [2.05, 4.69) is 73.1 Å². The number of unbranched alkanes of at least 4 members (excludes halogenated alkanes) is 2. The molecule has 26 heavy (non-hydrogen) atoms. The average molecular weight is 727 g/mol. The third-order valence-corrected chi connectivity index (χ3v) is 7.80. The van der Waals surface area contributed by atoms with Gasteiger partial charge in [-0.15, -0.1) is 0 Å². The zero-order valence-corrected chi connectivity index (χ0v) is 20.4. The fourth-order valence-corrected chi connectivity index (χ4v) is 4.69. The third kappa shape index (κ3) is 6.73. The van der Waals surface area contributed by atoms with Crippen LogP contribution in [0.4, 0.5) is 8.78 Å². The van der Waals surface area contributed by atoms with E-state index in [9.17, 15) is 26.8 Å². The van der Waals surface area contributed by atoms with E-state index in [1.54, 1.807) is 6.07 Å². The molecule has 0 unspecified atom stereocenters. The highest BCUT2D eigenvalue weighted by atomic mass is 127. The SMILES string of the molecule is O=C(NCCCCCC(=O)C(F)(F)S(=O)(=O)O)c1cc(I)cc(I)c1I. The summed E-state index contributed by atoms with van der Waals surface area (Å²) in [5.41, 5.74) is 0.546. The second-order valence-corrected chi connectivity index (χ2v) is 10.2. The van der Waals surface area contributed by atoms with E-state index < -0.39 is 27.6 Å². The Bertz CT molecular complexity index is 802. The minimum Gasteiger partial charge on any atom is -0.352 e. The molecule has 0 fully saturated rings. The van der Waals surface area contributed by atoms with E-state index in [1.807, 2.05) is 6.07 Å². The first-order valence-corrected chi connectivity index (χ1v) is 11.9. The Morgan fingerprint density at radius 2 is 1.73 bits per heavy atom. The van der Waals surface area contributed by atoms with E-state index >= 15 is 0 Å². The van der Waals surface area contributed by atoms with E-state index in [0.717, 1.165) is 10.7 Å². The maximum Gasteiger partial charge on any atom is 0.426 e. The molecule has 0 aliphatic rings. The van der Waals surface area contributed by atoms with Gasteiger partial charge in [0, 0.05) is 23.7 Å². The lowest BCUT2D eigenvalue weighted by Crippen LogP contribution is -2.37. The largest absolute Gasteiger partial charge is 0.426 e. The molecule has 12 heteroatoms. The first kappa shape index (κ1) is 24.4. The Labute approximate surface area is 190 Å². The highest BCUT2D eigenvalue weighted by Gasteiger charge is 2.50. The zero-order chi connectivity index (χ0) is 20.1. The van der Waals surface area contributed by atoms with Crippen LogP contribution < -0.4 is 5.32 Å². The second-order valence-electron chi connectivity index (χ2n) is 5.23. The topological polar surface area (TPSA) is 101 Å². The number of alkyl halides is 2. The van der Waals surface area contributed by atoms with E-state index in [1.165, 1.54) is 0 Å². The van der Waals surface area contributed by atoms with Crippen molar-refractivity contribution in [3.05, 3.63) is 28.4 Å². The first-order chi connectivity index (χ1) is 11.9. The quantitative estimate of drug-likeness (QED) is 0.175. The summed E-state index contributed by atoms with van der Waals surface area (Å²) in [6, 6.07) is 3.70. The number of halogens is 5. The van der Waals surface area contributed by atoms with Gasteiger partial charge in [0.25, 0.3) is 5.91 Å². The van der Waals surface area contributed by atoms with E-state index in [-0.39, 0.29) is 12.3 Å². The van der Waals surface area contributed by atoms with Gasteiger partial charge in [0.05, 0.1) is 5.56 Å². The van der Waals surface area contributed by atoms with Gasteiger partial charge in [-0.3, -0.25) is 14.1 Å². The smallest absolute Gasteiger partial charge is 0.352 e. The number of hydrogen-bond donors (Lipinski definition) is 2. The number of nitrogens with one attached hydrogen (secondary N) is 1. The van der Waals surface area contributed by atoms with Gasteiger partial charge in [-0.2, -0.15) is 17.2 Å². The Hall–Kier alpha value is 0.320. The molecule has 0 saturated carbocycles. The molecular formula is C14H14F2I3NO5S. The Kier molecular flexibility index (Phi) is 9.55. The van der Waals surface area contributed by atoms with E-state index in [0.29, 0.717) is 24.9 Å². The molecule has 1 aromatic rings. The molecule has 1 aromatic carbocycles. The lowest BCUT2D eigenvalue weighted by molar-refractivity contribution is -0.133. The van der Waals surface area contributed by atoms with Crippen molar-refractivity contribution in [3.63, 3.8) is 0 Å². The van der Waals surface area contributed by atoms with Crippen LogP contribution in [-0.4, -0.2) is 36.5 Å². The van der Waals surface area contributed by atoms with Gasteiger partial charge in [0.2, 0.25) is 5.78 Å². The van der Waals surface area contributed by atoms with Gasteiger partial charge in [-0.1, -0.05) is 6.42 Å². The summed E-state index contributed by atoms with van der Waals surface area (Å²) in [4.78, 5) is 23.4. The van der Waals surface area contributed by atoms with Crippen LogP contribution in [0.15, 0.2) is 12.1 Å². The van der Waals surface area contributed by atoms with Crippen LogP contribution in [0.1, 0.15) is 36.0 Å². The second kappa shape index (κ2) is 10.2. The summed E-state index contributed by atoms with van der Waals surface area (Å²) in [6.07, 6.45) is 0.134. The molecule has 0 bridgehead atoms. The Morgan fingerprint density at radius 1 is 1.12 bits per heavy atom. The first-order valence-electron chi connectivity index (χ1n) is 7.18. The number of Topliss-reactive ketones (excluding diaryl/α,β-unsaturated/α-hetero) is 1. The third-order valence-electron chi connectivity index (χ3n) is 3.25. The van der Waals surface area contributed by atoms with Crippen molar-refractivity contribution in [3.8, 4) is 0 Å². The molecule has 0 radical (unpaired) electrons. The molecule has 1 amide bonds. The van der Waals surface area contributed by atoms with Gasteiger partial charge in [0.1, 0.15) is 0 Å². The minimum absolute atomic E-state index is 0.0263. The molecule has 0 aliphatic heterocycles. The van der Waals surface area contributed by atoms with Crippen LogP contribution in [0.2, 0.25) is 0 Å². The van der Waals surface area contributed by atoms with Crippen molar-refractivity contribution in [2.45, 2.75) is 30.9 Å². The van der Waals surface area contributed by atoms with Gasteiger partial charge >= 0.3 is 15.4 Å². The number of carbonyl (C=O) groups is 2. The fourth-order valence-electron chi connectivity index (χ4n) is 1.90. The van der Waals surface area contributed by atoms with Crippen LogP contribution in [0, 0.1) is 10.7 Å². The standard InChI is InChI=1S/C14H14F2I3NO5S/c15-14(16,26(23,24)25)11(21)4-2-1-3-5-20-13(22)9-6-8(17)7-10(18)12(9)19/h6-7H,1-5H2,(H,20,22)(H,23,24,25). The lowest BCUT2D eigenvalue weighted by atomic mass is 10.1. The van der Waals surface area contributed by atoms with Crippen molar-refractivity contribution in [2.75, 3.05) is 6.54 Å². The number of carbonyl (C=O) groups excluding carboxylic acids is 2. The minimum atomic E-state index is -5.74. The number of ketones is 1. The summed E-state index contributed by atoms with van der Waals surface area (Å²) >= 11 is 6.33. The average Bonchev–Trinajstić information content (AvgIpc) is 2.52. The van der Waals surface area contributed by atoms with Crippen molar-refractivity contribution < 1.29 is 31.3 Å². The predicted octanol–water partition coefficient (Wildman–Crippen LogP) is 3.84. The molecule has 0 aromatic heterocycles. The van der Waals surface area contributed by atoms with Crippen LogP contribution in [0.3, 0.4) is 0 Å². The highest BCUT2D eigenvalue weighted by molar-refractivity contribution is 14.1. The molecule has 6 nitrogen and oxygen atoms in total. The summed E-state index contributed by atoms with van der Waals surface area (Å²) < 4.78 is 58.1. The maximum absolute atomic E-state index is 13.0. The molecule has 146 valence electrons. The number of rotatable bonds is 9. The monoisotopic (exact) mass is 727 g/mol. The summed E-state index contributed by atoms with van der Waals surface area (Å²) in [6.45, 7) is 0.292. The van der Waals surface area contributed by atoms with Crippen LogP contribution in [0.25, 0.3) is 0 Å². The van der Waals surface area contributed by atoms with E-state index in [4.69, 9.17) is 4.55 Å². The fraction of sp³-hybridized carbons (Fsp3) is 0.429. The van der Waals surface area contributed by atoms with Crippen LogP contribution >= 0.6 is 67.8 Å². The summed E-state index contributed by atoms with van der Waals surface area (Å²) in [7, 11) is -5.74. The van der Waals surface area contributed by atoms with Crippen molar-refractivity contribution >= 4 is 89.6 Å². The van der Waals surface area contributed by atoms with Crippen LogP contribution in [0.5, 0.6) is 0 Å². The van der Waals surface area contributed by atoms with Crippen molar-refractivity contribution in [1.82, 2.24) is 5.32 Å². The van der Waals surface area contributed by atoms with Crippen molar-refractivity contribution in [2.24, 2.45) is 0 Å².